The van der Waals surface area contributed by atoms with Crippen LogP contribution in [-0.4, -0.2) is 31.1 Å². The van der Waals surface area contributed by atoms with Crippen LogP contribution in [0.3, 0.4) is 0 Å². The predicted octanol–water partition coefficient (Wildman–Crippen LogP) is 1.15. The number of nitrogens with zero attached hydrogens (tertiary/aromatic N) is 1. The van der Waals surface area contributed by atoms with Crippen molar-refractivity contribution in [2.75, 3.05) is 13.7 Å². The van der Waals surface area contributed by atoms with Gasteiger partial charge in [-0.15, -0.1) is 0 Å². The van der Waals surface area contributed by atoms with E-state index in [1.165, 1.54) is 7.11 Å². The van der Waals surface area contributed by atoms with Gasteiger partial charge in [-0.2, -0.15) is 0 Å². The van der Waals surface area contributed by atoms with Crippen LogP contribution in [0.1, 0.15) is 26.7 Å². The molecule has 1 aliphatic rings. The molecule has 0 amide bonds. The Labute approximate surface area is 77.9 Å². The standard InChI is InChI=1S/C9H15NO3/c1-9(2)6-13-7(10-9)4-5-8(11)12-3/h4-6H2,1-3H3. The molecule has 0 saturated heterocycles. The zero-order valence-electron chi connectivity index (χ0n) is 8.29. The van der Waals surface area contributed by atoms with Crippen molar-refractivity contribution < 1.29 is 14.3 Å². The molecular formula is C9H15NO3. The van der Waals surface area contributed by atoms with Crippen molar-refractivity contribution in [2.24, 2.45) is 4.99 Å². The second-order valence-corrected chi connectivity index (χ2v) is 3.68. The number of hydrogen-bond donors (Lipinski definition) is 0. The van der Waals surface area contributed by atoms with Gasteiger partial charge in [-0.25, -0.2) is 4.99 Å². The topological polar surface area (TPSA) is 47.9 Å². The summed E-state index contributed by atoms with van der Waals surface area (Å²) in [5, 5.41) is 0. The second-order valence-electron chi connectivity index (χ2n) is 3.68. The first-order valence-electron chi connectivity index (χ1n) is 4.32. The van der Waals surface area contributed by atoms with Crippen LogP contribution >= 0.6 is 0 Å². The molecule has 0 atom stereocenters. The van der Waals surface area contributed by atoms with E-state index in [9.17, 15) is 4.79 Å². The normalized spacial score (nSPS) is 19.2. The van der Waals surface area contributed by atoms with Gasteiger partial charge in [0.1, 0.15) is 6.61 Å². The van der Waals surface area contributed by atoms with E-state index < -0.39 is 0 Å². The molecule has 0 N–H and O–H groups in total. The molecule has 4 nitrogen and oxygen atoms in total. The molecule has 74 valence electrons. The highest BCUT2D eigenvalue weighted by Crippen LogP contribution is 2.18. The zero-order chi connectivity index (χ0) is 9.90. The fraction of sp³-hybridized carbons (Fsp3) is 0.778. The van der Waals surface area contributed by atoms with E-state index in [1.807, 2.05) is 13.8 Å². The summed E-state index contributed by atoms with van der Waals surface area (Å²) in [5.41, 5.74) is -0.133. The monoisotopic (exact) mass is 185 g/mol. The first-order chi connectivity index (χ1) is 6.03. The summed E-state index contributed by atoms with van der Waals surface area (Å²) in [7, 11) is 1.38. The summed E-state index contributed by atoms with van der Waals surface area (Å²) >= 11 is 0. The summed E-state index contributed by atoms with van der Waals surface area (Å²) in [5.74, 6) is 0.436. The maximum atomic E-state index is 10.8. The van der Waals surface area contributed by atoms with Crippen LogP contribution in [0.4, 0.5) is 0 Å². The van der Waals surface area contributed by atoms with Crippen LogP contribution in [0.2, 0.25) is 0 Å². The number of hydrogen-bond acceptors (Lipinski definition) is 4. The van der Waals surface area contributed by atoms with Gasteiger partial charge < -0.3 is 9.47 Å². The van der Waals surface area contributed by atoms with Gasteiger partial charge in [0.05, 0.1) is 19.1 Å². The lowest BCUT2D eigenvalue weighted by Gasteiger charge is -2.07. The van der Waals surface area contributed by atoms with Crippen molar-refractivity contribution in [2.45, 2.75) is 32.2 Å². The Hall–Kier alpha value is -1.06. The van der Waals surface area contributed by atoms with Crippen molar-refractivity contribution in [3.63, 3.8) is 0 Å². The maximum absolute atomic E-state index is 10.8. The van der Waals surface area contributed by atoms with Crippen LogP contribution in [0, 0.1) is 0 Å². The molecule has 1 heterocycles. The molecule has 1 rings (SSSR count). The fourth-order valence-electron chi connectivity index (χ4n) is 1.10. The van der Waals surface area contributed by atoms with Gasteiger partial charge in [0.25, 0.3) is 0 Å². The summed E-state index contributed by atoms with van der Waals surface area (Å²) in [6, 6.07) is 0. The minimum atomic E-state index is -0.226. The van der Waals surface area contributed by atoms with Crippen LogP contribution in [0.5, 0.6) is 0 Å². The number of carbonyl (C=O) groups is 1. The van der Waals surface area contributed by atoms with Gasteiger partial charge in [-0.05, 0) is 13.8 Å². The van der Waals surface area contributed by atoms with Gasteiger partial charge in [0.15, 0.2) is 5.90 Å². The van der Waals surface area contributed by atoms with Gasteiger partial charge in [-0.3, -0.25) is 4.79 Å². The minimum Gasteiger partial charge on any atom is -0.478 e. The van der Waals surface area contributed by atoms with Gasteiger partial charge in [-0.1, -0.05) is 0 Å². The quantitative estimate of drug-likeness (QED) is 0.619. The third-order valence-corrected chi connectivity index (χ3v) is 1.79. The van der Waals surface area contributed by atoms with Crippen molar-refractivity contribution in [1.29, 1.82) is 0 Å². The molecule has 0 saturated carbocycles. The number of rotatable bonds is 3. The number of methoxy groups -OCH3 is 1. The smallest absolute Gasteiger partial charge is 0.306 e. The van der Waals surface area contributed by atoms with Gasteiger partial charge in [0.2, 0.25) is 0 Å². The summed E-state index contributed by atoms with van der Waals surface area (Å²) in [4.78, 5) is 15.1. The lowest BCUT2D eigenvalue weighted by Crippen LogP contribution is -2.17. The van der Waals surface area contributed by atoms with Gasteiger partial charge in [0, 0.05) is 6.42 Å². The number of esters is 1. The van der Waals surface area contributed by atoms with E-state index in [0.717, 1.165) is 0 Å². The van der Waals surface area contributed by atoms with Crippen molar-refractivity contribution in [3.8, 4) is 0 Å². The van der Waals surface area contributed by atoms with Gasteiger partial charge >= 0.3 is 5.97 Å². The molecule has 0 aliphatic carbocycles. The van der Waals surface area contributed by atoms with Crippen LogP contribution in [-0.2, 0) is 14.3 Å². The van der Waals surface area contributed by atoms with Crippen molar-refractivity contribution in [3.05, 3.63) is 0 Å². The number of carbonyl (C=O) groups excluding carboxylic acids is 1. The molecule has 1 aliphatic heterocycles. The highest BCUT2D eigenvalue weighted by atomic mass is 16.5. The first-order valence-corrected chi connectivity index (χ1v) is 4.32. The van der Waals surface area contributed by atoms with E-state index >= 15 is 0 Å². The third-order valence-electron chi connectivity index (χ3n) is 1.79. The third kappa shape index (κ3) is 3.05. The second kappa shape index (κ2) is 3.77. The van der Waals surface area contributed by atoms with E-state index in [1.54, 1.807) is 0 Å². The lowest BCUT2D eigenvalue weighted by atomic mass is 10.1. The Bertz CT molecular complexity index is 233. The van der Waals surface area contributed by atoms with Crippen molar-refractivity contribution >= 4 is 11.9 Å². The molecule has 0 unspecified atom stereocenters. The molecule has 0 fully saturated rings. The lowest BCUT2D eigenvalue weighted by molar-refractivity contribution is -0.140. The molecule has 0 bridgehead atoms. The SMILES string of the molecule is COC(=O)CCC1=NC(C)(C)CO1. The van der Waals surface area contributed by atoms with Crippen LogP contribution in [0.25, 0.3) is 0 Å². The molecule has 13 heavy (non-hydrogen) atoms. The maximum Gasteiger partial charge on any atom is 0.306 e. The Morgan fingerprint density at radius 3 is 2.85 bits per heavy atom. The molecule has 0 spiro atoms. The molecule has 0 aromatic rings. The summed E-state index contributed by atoms with van der Waals surface area (Å²) in [6.07, 6.45) is 0.877. The summed E-state index contributed by atoms with van der Waals surface area (Å²) < 4.78 is 9.82. The largest absolute Gasteiger partial charge is 0.478 e. The Kier molecular flexibility index (Phi) is 2.90. The first kappa shape index (κ1) is 10.0. The summed E-state index contributed by atoms with van der Waals surface area (Å²) in [6.45, 7) is 4.60. The van der Waals surface area contributed by atoms with Crippen LogP contribution in [0.15, 0.2) is 4.99 Å². The fourth-order valence-corrected chi connectivity index (χ4v) is 1.10. The molecular weight excluding hydrogens is 170 g/mol. The average molecular weight is 185 g/mol. The predicted molar refractivity (Wildman–Crippen MR) is 48.7 cm³/mol. The Morgan fingerprint density at radius 1 is 1.69 bits per heavy atom. The minimum absolute atomic E-state index is 0.133. The number of ether oxygens (including phenoxy) is 2. The van der Waals surface area contributed by atoms with Crippen molar-refractivity contribution in [1.82, 2.24) is 0 Å². The zero-order valence-corrected chi connectivity index (χ0v) is 8.29. The molecule has 0 aromatic heterocycles. The Morgan fingerprint density at radius 2 is 2.38 bits per heavy atom. The van der Waals surface area contributed by atoms with E-state index in [4.69, 9.17) is 4.74 Å². The van der Waals surface area contributed by atoms with E-state index in [-0.39, 0.29) is 11.5 Å². The Balaban J connectivity index is 2.35. The highest BCUT2D eigenvalue weighted by molar-refractivity contribution is 5.82. The highest BCUT2D eigenvalue weighted by Gasteiger charge is 2.26. The molecule has 0 radical (unpaired) electrons. The van der Waals surface area contributed by atoms with E-state index in [2.05, 4.69) is 9.73 Å². The van der Waals surface area contributed by atoms with Crippen LogP contribution < -0.4 is 0 Å². The average Bonchev–Trinajstić information content (AvgIpc) is 2.41. The van der Waals surface area contributed by atoms with E-state index in [0.29, 0.717) is 25.3 Å². The number of aliphatic imine (C=N–C) groups is 1. The molecule has 4 heteroatoms. The molecule has 0 aromatic carbocycles.